The van der Waals surface area contributed by atoms with Gasteiger partial charge in [0.1, 0.15) is 0 Å². The SMILES string of the molecule is CCNC(=O)NC1(c2ccccc2)CCN(C)CC1. The van der Waals surface area contributed by atoms with Gasteiger partial charge in [-0.3, -0.25) is 0 Å². The summed E-state index contributed by atoms with van der Waals surface area (Å²) in [4.78, 5) is 14.2. The molecule has 0 spiro atoms. The minimum atomic E-state index is -0.229. The topological polar surface area (TPSA) is 44.4 Å². The van der Waals surface area contributed by atoms with E-state index >= 15 is 0 Å². The molecule has 0 aliphatic carbocycles. The summed E-state index contributed by atoms with van der Waals surface area (Å²) in [6.45, 7) is 4.59. The molecule has 0 radical (unpaired) electrons. The predicted octanol–water partition coefficient (Wildman–Crippen LogP) is 1.93. The first-order valence-electron chi connectivity index (χ1n) is 6.96. The van der Waals surface area contributed by atoms with E-state index in [1.807, 2.05) is 25.1 Å². The van der Waals surface area contributed by atoms with Crippen LogP contribution in [0.25, 0.3) is 0 Å². The van der Waals surface area contributed by atoms with Crippen molar-refractivity contribution in [3.05, 3.63) is 35.9 Å². The van der Waals surface area contributed by atoms with Crippen molar-refractivity contribution in [1.82, 2.24) is 15.5 Å². The number of piperidine rings is 1. The van der Waals surface area contributed by atoms with Gasteiger partial charge in [-0.25, -0.2) is 4.79 Å². The lowest BCUT2D eigenvalue weighted by Crippen LogP contribution is -2.54. The fraction of sp³-hybridized carbons (Fsp3) is 0.533. The van der Waals surface area contributed by atoms with Gasteiger partial charge >= 0.3 is 6.03 Å². The minimum absolute atomic E-state index is 0.0732. The zero-order valence-electron chi connectivity index (χ0n) is 11.8. The second kappa shape index (κ2) is 6.06. The van der Waals surface area contributed by atoms with Gasteiger partial charge in [0.25, 0.3) is 0 Å². The molecule has 1 heterocycles. The highest BCUT2D eigenvalue weighted by Crippen LogP contribution is 2.32. The lowest BCUT2D eigenvalue weighted by atomic mass is 9.81. The number of likely N-dealkylation sites (tertiary alicyclic amines) is 1. The molecule has 4 nitrogen and oxygen atoms in total. The molecular weight excluding hydrogens is 238 g/mol. The van der Waals surface area contributed by atoms with Gasteiger partial charge in [-0.1, -0.05) is 30.3 Å². The standard InChI is InChI=1S/C15H23N3O/c1-3-16-14(19)17-15(9-11-18(2)12-10-15)13-7-5-4-6-8-13/h4-8H,3,9-12H2,1-2H3,(H2,16,17,19). The molecule has 1 saturated heterocycles. The number of hydrogen-bond donors (Lipinski definition) is 2. The normalized spacial score (nSPS) is 18.8. The Kier molecular flexibility index (Phi) is 4.43. The smallest absolute Gasteiger partial charge is 0.315 e. The van der Waals surface area contributed by atoms with Crippen LogP contribution in [-0.4, -0.2) is 37.6 Å². The minimum Gasteiger partial charge on any atom is -0.338 e. The maximum absolute atomic E-state index is 11.9. The van der Waals surface area contributed by atoms with E-state index < -0.39 is 0 Å². The maximum Gasteiger partial charge on any atom is 0.315 e. The number of nitrogens with one attached hydrogen (secondary N) is 2. The Balaban J connectivity index is 2.21. The van der Waals surface area contributed by atoms with Gasteiger partial charge in [0.15, 0.2) is 0 Å². The molecular formula is C15H23N3O. The van der Waals surface area contributed by atoms with Crippen molar-refractivity contribution in [2.24, 2.45) is 0 Å². The third-order valence-corrected chi connectivity index (χ3v) is 3.86. The number of carbonyl (C=O) groups excluding carboxylic acids is 1. The summed E-state index contributed by atoms with van der Waals surface area (Å²) < 4.78 is 0. The van der Waals surface area contributed by atoms with E-state index in [4.69, 9.17) is 0 Å². The summed E-state index contributed by atoms with van der Waals surface area (Å²) in [7, 11) is 2.13. The Morgan fingerprint density at radius 2 is 1.89 bits per heavy atom. The first kappa shape index (κ1) is 13.9. The molecule has 1 aromatic carbocycles. The summed E-state index contributed by atoms with van der Waals surface area (Å²) >= 11 is 0. The highest BCUT2D eigenvalue weighted by Gasteiger charge is 2.36. The molecule has 19 heavy (non-hydrogen) atoms. The van der Waals surface area contributed by atoms with Crippen LogP contribution < -0.4 is 10.6 Å². The molecule has 0 aromatic heterocycles. The molecule has 1 aliphatic heterocycles. The van der Waals surface area contributed by atoms with Crippen molar-refractivity contribution in [2.45, 2.75) is 25.3 Å². The summed E-state index contributed by atoms with van der Waals surface area (Å²) in [6, 6.07) is 10.2. The second-order valence-corrected chi connectivity index (χ2v) is 5.24. The van der Waals surface area contributed by atoms with Crippen molar-refractivity contribution >= 4 is 6.03 Å². The van der Waals surface area contributed by atoms with Crippen molar-refractivity contribution in [2.75, 3.05) is 26.7 Å². The van der Waals surface area contributed by atoms with Gasteiger partial charge in [-0.15, -0.1) is 0 Å². The highest BCUT2D eigenvalue weighted by atomic mass is 16.2. The van der Waals surface area contributed by atoms with Crippen LogP contribution in [0, 0.1) is 0 Å². The molecule has 2 rings (SSSR count). The zero-order valence-corrected chi connectivity index (χ0v) is 11.8. The van der Waals surface area contributed by atoms with Gasteiger partial charge in [0, 0.05) is 19.6 Å². The molecule has 1 fully saturated rings. The predicted molar refractivity (Wildman–Crippen MR) is 77.1 cm³/mol. The monoisotopic (exact) mass is 261 g/mol. The first-order valence-corrected chi connectivity index (χ1v) is 6.96. The van der Waals surface area contributed by atoms with Gasteiger partial charge in [0.2, 0.25) is 0 Å². The molecule has 0 bridgehead atoms. The molecule has 2 amide bonds. The van der Waals surface area contributed by atoms with Gasteiger partial charge in [-0.05, 0) is 32.4 Å². The Bertz CT molecular complexity index is 411. The fourth-order valence-corrected chi connectivity index (χ4v) is 2.67. The van der Waals surface area contributed by atoms with Crippen molar-refractivity contribution in [3.63, 3.8) is 0 Å². The fourth-order valence-electron chi connectivity index (χ4n) is 2.67. The number of amides is 2. The Morgan fingerprint density at radius 3 is 2.47 bits per heavy atom. The zero-order chi connectivity index (χ0) is 13.7. The number of carbonyl (C=O) groups is 1. The van der Waals surface area contributed by atoms with Crippen molar-refractivity contribution in [3.8, 4) is 0 Å². The molecule has 0 unspecified atom stereocenters. The molecule has 1 aromatic rings. The molecule has 0 atom stereocenters. The van der Waals surface area contributed by atoms with E-state index in [0.717, 1.165) is 25.9 Å². The number of nitrogens with zero attached hydrogens (tertiary/aromatic N) is 1. The number of hydrogen-bond acceptors (Lipinski definition) is 2. The third-order valence-electron chi connectivity index (χ3n) is 3.86. The molecule has 2 N–H and O–H groups in total. The molecule has 0 saturated carbocycles. The third kappa shape index (κ3) is 3.26. The van der Waals surface area contributed by atoms with Gasteiger partial charge < -0.3 is 15.5 Å². The van der Waals surface area contributed by atoms with Crippen LogP contribution in [0.1, 0.15) is 25.3 Å². The van der Waals surface area contributed by atoms with Crippen molar-refractivity contribution < 1.29 is 4.79 Å². The van der Waals surface area contributed by atoms with Crippen LogP contribution in [0.5, 0.6) is 0 Å². The Hall–Kier alpha value is -1.55. The largest absolute Gasteiger partial charge is 0.338 e. The van der Waals surface area contributed by atoms with E-state index in [1.165, 1.54) is 5.56 Å². The Morgan fingerprint density at radius 1 is 1.26 bits per heavy atom. The molecule has 104 valence electrons. The summed E-state index contributed by atoms with van der Waals surface area (Å²) in [5.41, 5.74) is 0.974. The van der Waals surface area contributed by atoms with E-state index in [9.17, 15) is 4.79 Å². The summed E-state index contributed by atoms with van der Waals surface area (Å²) in [5, 5.41) is 6.03. The van der Waals surface area contributed by atoms with Gasteiger partial charge in [0.05, 0.1) is 5.54 Å². The maximum atomic E-state index is 11.9. The van der Waals surface area contributed by atoms with Crippen LogP contribution in [0.15, 0.2) is 30.3 Å². The van der Waals surface area contributed by atoms with E-state index in [0.29, 0.717) is 6.54 Å². The lowest BCUT2D eigenvalue weighted by molar-refractivity contribution is 0.156. The number of benzene rings is 1. The number of urea groups is 1. The molecule has 1 aliphatic rings. The van der Waals surface area contributed by atoms with Crippen LogP contribution in [-0.2, 0) is 5.54 Å². The van der Waals surface area contributed by atoms with Crippen LogP contribution in [0.4, 0.5) is 4.79 Å². The Labute approximate surface area is 115 Å². The van der Waals surface area contributed by atoms with Crippen LogP contribution in [0.3, 0.4) is 0 Å². The summed E-state index contributed by atoms with van der Waals surface area (Å²) in [5.74, 6) is 0. The van der Waals surface area contributed by atoms with Crippen molar-refractivity contribution in [1.29, 1.82) is 0 Å². The average Bonchev–Trinajstić information content (AvgIpc) is 2.43. The van der Waals surface area contributed by atoms with E-state index in [1.54, 1.807) is 0 Å². The highest BCUT2D eigenvalue weighted by molar-refractivity contribution is 5.75. The number of rotatable bonds is 3. The second-order valence-electron chi connectivity index (χ2n) is 5.24. The quantitative estimate of drug-likeness (QED) is 0.873. The van der Waals surface area contributed by atoms with Gasteiger partial charge in [-0.2, -0.15) is 0 Å². The van der Waals surface area contributed by atoms with Crippen LogP contribution in [0.2, 0.25) is 0 Å². The molecule has 4 heteroatoms. The first-order chi connectivity index (χ1) is 9.16. The average molecular weight is 261 g/mol. The lowest BCUT2D eigenvalue weighted by Gasteiger charge is -2.41. The summed E-state index contributed by atoms with van der Waals surface area (Å²) in [6.07, 6.45) is 1.90. The van der Waals surface area contributed by atoms with E-state index in [-0.39, 0.29) is 11.6 Å². The van der Waals surface area contributed by atoms with E-state index in [2.05, 4.69) is 34.7 Å². The van der Waals surface area contributed by atoms with Crippen LogP contribution >= 0.6 is 0 Å².